The molecule has 12 heteroatoms. The van der Waals surface area contributed by atoms with Crippen LogP contribution in [0.3, 0.4) is 0 Å². The average Bonchev–Trinajstić information content (AvgIpc) is 3.31. The Morgan fingerprint density at radius 3 is 2.58 bits per heavy atom. The third-order valence-corrected chi connectivity index (χ3v) is 8.61. The highest BCUT2D eigenvalue weighted by Crippen LogP contribution is 2.38. The second-order valence-electron chi connectivity index (χ2n) is 8.08. The smallest absolute Gasteiger partial charge is 0.269 e. The van der Waals surface area contributed by atoms with Crippen LogP contribution in [0.1, 0.15) is 40.1 Å². The first kappa shape index (κ1) is 23.2. The van der Waals surface area contributed by atoms with E-state index in [4.69, 9.17) is 4.74 Å². The molecule has 2 N–H and O–H groups in total. The molecule has 0 bridgehead atoms. The van der Waals surface area contributed by atoms with E-state index >= 15 is 0 Å². The molecule has 4 rings (SSSR count). The molecule has 0 spiro atoms. The van der Waals surface area contributed by atoms with E-state index in [0.717, 1.165) is 36.1 Å². The highest BCUT2D eigenvalue weighted by Gasteiger charge is 2.32. The van der Waals surface area contributed by atoms with Crippen LogP contribution in [0.4, 0.5) is 10.7 Å². The Bertz CT molecular complexity index is 1190. The maximum Gasteiger partial charge on any atom is 0.269 e. The molecule has 1 unspecified atom stereocenters. The zero-order valence-electron chi connectivity index (χ0n) is 17.7. The fraction of sp³-hybridized carbons (Fsp3) is 0.429. The number of carbonyl (C=O) groups is 2. The molecule has 33 heavy (non-hydrogen) atoms. The standard InChI is InChI=1S/C21H23N3O7S2/c25-18(11-31-15-7-5-14(6-8-15)24(27)28)23-21-19(16-3-1-2-4-17(16)32-21)20(26)22-13-9-10-33(29,30)12-13/h5-8,13H,1-4,9-12H2,(H,22,26)(H,23,25). The molecule has 1 aromatic carbocycles. The molecule has 0 radical (unpaired) electrons. The number of aryl methyl sites for hydroxylation is 1. The second kappa shape index (κ2) is 9.48. The molecule has 176 valence electrons. The fourth-order valence-electron chi connectivity index (χ4n) is 4.04. The molecule has 1 fully saturated rings. The van der Waals surface area contributed by atoms with Gasteiger partial charge < -0.3 is 15.4 Å². The number of sulfone groups is 1. The lowest BCUT2D eigenvalue weighted by Crippen LogP contribution is -2.36. The maximum absolute atomic E-state index is 13.1. The minimum atomic E-state index is -3.13. The highest BCUT2D eigenvalue weighted by molar-refractivity contribution is 7.91. The van der Waals surface area contributed by atoms with Gasteiger partial charge in [-0.25, -0.2) is 8.42 Å². The molecule has 1 saturated heterocycles. The first-order valence-corrected chi connectivity index (χ1v) is 13.2. The van der Waals surface area contributed by atoms with Crippen molar-refractivity contribution < 1.29 is 27.7 Å². The Balaban J connectivity index is 1.45. The number of ether oxygens (including phenoxy) is 1. The SMILES string of the molecule is O=C(COc1ccc([N+](=O)[O-])cc1)Nc1sc2c(c1C(=O)NC1CCS(=O)(=O)C1)CCCC2. The van der Waals surface area contributed by atoms with E-state index in [1.54, 1.807) is 0 Å². The number of carbonyl (C=O) groups excluding carboxylic acids is 2. The van der Waals surface area contributed by atoms with Crippen molar-refractivity contribution in [3.05, 3.63) is 50.4 Å². The molecule has 1 aliphatic heterocycles. The minimum Gasteiger partial charge on any atom is -0.484 e. The van der Waals surface area contributed by atoms with Gasteiger partial charge in [-0.3, -0.25) is 19.7 Å². The van der Waals surface area contributed by atoms with Crippen molar-refractivity contribution in [1.82, 2.24) is 5.32 Å². The number of fused-ring (bicyclic) bond motifs is 1. The van der Waals surface area contributed by atoms with Crippen molar-refractivity contribution in [2.45, 2.75) is 38.1 Å². The summed E-state index contributed by atoms with van der Waals surface area (Å²) in [6.45, 7) is -0.331. The lowest BCUT2D eigenvalue weighted by Gasteiger charge is -2.15. The number of nitrogens with zero attached hydrogens (tertiary/aromatic N) is 1. The Hall–Kier alpha value is -2.99. The van der Waals surface area contributed by atoms with Crippen molar-refractivity contribution in [3.8, 4) is 5.75 Å². The predicted molar refractivity (Wildman–Crippen MR) is 123 cm³/mol. The summed E-state index contributed by atoms with van der Waals surface area (Å²) >= 11 is 1.36. The van der Waals surface area contributed by atoms with Crippen LogP contribution in [0.15, 0.2) is 24.3 Å². The Labute approximate surface area is 194 Å². The van der Waals surface area contributed by atoms with Gasteiger partial charge in [0.15, 0.2) is 16.4 Å². The monoisotopic (exact) mass is 493 g/mol. The highest BCUT2D eigenvalue weighted by atomic mass is 32.2. The molecular weight excluding hydrogens is 470 g/mol. The first-order valence-electron chi connectivity index (χ1n) is 10.5. The van der Waals surface area contributed by atoms with Crippen LogP contribution < -0.4 is 15.4 Å². The molecule has 1 atom stereocenters. The normalized spacial score (nSPS) is 18.8. The van der Waals surface area contributed by atoms with Gasteiger partial charge in [-0.05, 0) is 49.8 Å². The number of anilines is 1. The summed E-state index contributed by atoms with van der Waals surface area (Å²) < 4.78 is 28.9. The number of hydrogen-bond donors (Lipinski definition) is 2. The van der Waals surface area contributed by atoms with E-state index in [-0.39, 0.29) is 29.7 Å². The van der Waals surface area contributed by atoms with E-state index in [1.807, 2.05) is 0 Å². The van der Waals surface area contributed by atoms with E-state index in [9.17, 15) is 28.1 Å². The average molecular weight is 494 g/mol. The van der Waals surface area contributed by atoms with Crippen LogP contribution in [0.25, 0.3) is 0 Å². The van der Waals surface area contributed by atoms with Crippen LogP contribution in [-0.4, -0.2) is 49.3 Å². The lowest BCUT2D eigenvalue weighted by atomic mass is 9.95. The summed E-state index contributed by atoms with van der Waals surface area (Å²) in [7, 11) is -3.13. The maximum atomic E-state index is 13.1. The Morgan fingerprint density at radius 1 is 1.18 bits per heavy atom. The Morgan fingerprint density at radius 2 is 1.91 bits per heavy atom. The summed E-state index contributed by atoms with van der Waals surface area (Å²) in [4.78, 5) is 36.9. The van der Waals surface area contributed by atoms with Gasteiger partial charge >= 0.3 is 0 Å². The number of hydrogen-bond acceptors (Lipinski definition) is 8. The van der Waals surface area contributed by atoms with Gasteiger partial charge in [0, 0.05) is 23.1 Å². The summed E-state index contributed by atoms with van der Waals surface area (Å²) in [6, 6.07) is 4.95. The van der Waals surface area contributed by atoms with Crippen LogP contribution >= 0.6 is 11.3 Å². The summed E-state index contributed by atoms with van der Waals surface area (Å²) in [6.07, 6.45) is 3.88. The summed E-state index contributed by atoms with van der Waals surface area (Å²) in [5.41, 5.74) is 1.24. The van der Waals surface area contributed by atoms with Gasteiger partial charge in [-0.1, -0.05) is 0 Å². The first-order chi connectivity index (χ1) is 15.7. The zero-order valence-corrected chi connectivity index (χ0v) is 19.3. The molecule has 2 aliphatic rings. The predicted octanol–water partition coefficient (Wildman–Crippen LogP) is 2.47. The second-order valence-corrected chi connectivity index (χ2v) is 11.4. The van der Waals surface area contributed by atoms with E-state index in [2.05, 4.69) is 10.6 Å². The van der Waals surface area contributed by atoms with Crippen molar-refractivity contribution in [3.63, 3.8) is 0 Å². The molecule has 0 saturated carbocycles. The molecule has 1 aromatic heterocycles. The number of benzene rings is 1. The Kier molecular flexibility index (Phi) is 6.66. The summed E-state index contributed by atoms with van der Waals surface area (Å²) in [5.74, 6) is -0.548. The number of nitrogens with one attached hydrogen (secondary N) is 2. The van der Waals surface area contributed by atoms with Crippen molar-refractivity contribution in [2.24, 2.45) is 0 Å². The number of nitro groups is 1. The number of rotatable bonds is 7. The third-order valence-electron chi connectivity index (χ3n) is 5.64. The van der Waals surface area contributed by atoms with Crippen LogP contribution in [0.5, 0.6) is 5.75 Å². The van der Waals surface area contributed by atoms with Crippen LogP contribution in [0, 0.1) is 10.1 Å². The topological polar surface area (TPSA) is 145 Å². The molecule has 1 aliphatic carbocycles. The van der Waals surface area contributed by atoms with Crippen LogP contribution in [0.2, 0.25) is 0 Å². The molecule has 10 nitrogen and oxygen atoms in total. The van der Waals surface area contributed by atoms with E-state index < -0.39 is 26.7 Å². The third kappa shape index (κ3) is 5.50. The number of amides is 2. The van der Waals surface area contributed by atoms with Gasteiger partial charge in [0.1, 0.15) is 10.8 Å². The van der Waals surface area contributed by atoms with Crippen molar-refractivity contribution in [2.75, 3.05) is 23.4 Å². The van der Waals surface area contributed by atoms with Crippen molar-refractivity contribution >= 4 is 43.7 Å². The number of thiophene rings is 1. The number of non-ortho nitro benzene ring substituents is 1. The van der Waals surface area contributed by atoms with Gasteiger partial charge in [0.25, 0.3) is 17.5 Å². The largest absolute Gasteiger partial charge is 0.484 e. The van der Waals surface area contributed by atoms with E-state index in [0.29, 0.717) is 22.7 Å². The molecular formula is C21H23N3O7S2. The van der Waals surface area contributed by atoms with Crippen molar-refractivity contribution in [1.29, 1.82) is 0 Å². The van der Waals surface area contributed by atoms with Gasteiger partial charge in [-0.15, -0.1) is 11.3 Å². The van der Waals surface area contributed by atoms with Gasteiger partial charge in [-0.2, -0.15) is 0 Å². The zero-order chi connectivity index (χ0) is 23.6. The summed E-state index contributed by atoms with van der Waals surface area (Å²) in [5, 5.41) is 16.7. The minimum absolute atomic E-state index is 0.0588. The number of nitro benzene ring substituents is 1. The fourth-order valence-corrected chi connectivity index (χ4v) is 7.01. The molecule has 2 amide bonds. The molecule has 2 heterocycles. The quantitative estimate of drug-likeness (QED) is 0.445. The van der Waals surface area contributed by atoms with Crippen LogP contribution in [-0.2, 0) is 27.5 Å². The molecule has 2 aromatic rings. The van der Waals surface area contributed by atoms with Gasteiger partial charge in [0.05, 0.1) is 22.0 Å². The lowest BCUT2D eigenvalue weighted by molar-refractivity contribution is -0.384. The van der Waals surface area contributed by atoms with Gasteiger partial charge in [0.2, 0.25) is 0 Å². The van der Waals surface area contributed by atoms with E-state index in [1.165, 1.54) is 35.6 Å².